The molecule has 0 atom stereocenters. The number of amides is 2. The summed E-state index contributed by atoms with van der Waals surface area (Å²) in [6.07, 6.45) is 6.49. The van der Waals surface area contributed by atoms with Gasteiger partial charge in [-0.2, -0.15) is 18.5 Å². The second-order valence-corrected chi connectivity index (χ2v) is 10.1. The number of anilines is 1. The molecule has 28 heavy (non-hydrogen) atoms. The van der Waals surface area contributed by atoms with Crippen molar-refractivity contribution in [2.24, 2.45) is 0 Å². The lowest BCUT2D eigenvalue weighted by Crippen LogP contribution is -2.44. The number of nitrogens with one attached hydrogen (secondary N) is 1. The van der Waals surface area contributed by atoms with E-state index >= 15 is 0 Å². The fourth-order valence-corrected chi connectivity index (χ4v) is 6.25. The molecule has 1 aromatic rings. The van der Waals surface area contributed by atoms with Crippen molar-refractivity contribution in [1.29, 1.82) is 0 Å². The number of benzene rings is 1. The summed E-state index contributed by atoms with van der Waals surface area (Å²) in [7, 11) is -4.20. The Morgan fingerprint density at radius 3 is 2.21 bits per heavy atom. The number of aryl methyl sites for hydroxylation is 2. The molecule has 8 heteroatoms. The highest BCUT2D eigenvalue weighted by Crippen LogP contribution is 2.38. The molecular weight excluding hydrogens is 378 g/mol. The van der Waals surface area contributed by atoms with E-state index in [-0.39, 0.29) is 4.17 Å². The molecule has 2 aliphatic carbocycles. The zero-order valence-corrected chi connectivity index (χ0v) is 17.2. The predicted octanol–water partition coefficient (Wildman–Crippen LogP) is 2.79. The van der Waals surface area contributed by atoms with Crippen LogP contribution in [-0.2, 0) is 35.7 Å². The minimum Gasteiger partial charge on any atom is -0.304 e. The van der Waals surface area contributed by atoms with Crippen LogP contribution in [0.2, 0.25) is 0 Å². The Labute approximate surface area is 166 Å². The van der Waals surface area contributed by atoms with E-state index in [1.807, 2.05) is 6.92 Å². The Balaban J connectivity index is 1.54. The summed E-state index contributed by atoms with van der Waals surface area (Å²) in [5, 5.41) is 1.91. The lowest BCUT2D eigenvalue weighted by Gasteiger charge is -2.28. The van der Waals surface area contributed by atoms with Gasteiger partial charge in [0, 0.05) is 11.1 Å². The van der Waals surface area contributed by atoms with Gasteiger partial charge in [0.2, 0.25) is 0 Å². The lowest BCUT2D eigenvalue weighted by molar-refractivity contribution is -0.275. The molecule has 1 fully saturated rings. The van der Waals surface area contributed by atoms with Crippen LogP contribution < -0.4 is 5.32 Å². The van der Waals surface area contributed by atoms with Gasteiger partial charge in [-0.1, -0.05) is 13.0 Å². The Kier molecular flexibility index (Phi) is 5.26. The minimum atomic E-state index is -4.20. The van der Waals surface area contributed by atoms with Crippen LogP contribution >= 0.6 is 0 Å². The van der Waals surface area contributed by atoms with E-state index < -0.39 is 21.3 Å². The number of rotatable bonds is 4. The number of carbonyl (C=O) groups excluding carboxylic acids is 1. The van der Waals surface area contributed by atoms with E-state index in [9.17, 15) is 18.1 Å². The molecule has 3 aliphatic rings. The molecule has 4 rings (SSSR count). The number of nitrogens with zero attached hydrogens (tertiary/aromatic N) is 2. The largest absolute Gasteiger partial charge is 0.551 e. The van der Waals surface area contributed by atoms with Crippen molar-refractivity contribution < 1.29 is 17.4 Å². The third-order valence-corrected chi connectivity index (χ3v) is 8.45. The average Bonchev–Trinajstić information content (AvgIpc) is 3.36. The average molecular weight is 407 g/mol. The monoisotopic (exact) mass is 406 g/mol. The van der Waals surface area contributed by atoms with Crippen LogP contribution in [0.15, 0.2) is 6.07 Å². The second kappa shape index (κ2) is 7.55. The van der Waals surface area contributed by atoms with E-state index in [1.54, 1.807) is 0 Å². The summed E-state index contributed by atoms with van der Waals surface area (Å²) in [6.45, 7) is 4.16. The minimum absolute atomic E-state index is 0.297. The van der Waals surface area contributed by atoms with Crippen molar-refractivity contribution in [3.63, 3.8) is 0 Å². The van der Waals surface area contributed by atoms with Crippen LogP contribution in [0.1, 0.15) is 54.9 Å². The molecular formula is C20H28N3O4S+. The van der Waals surface area contributed by atoms with Gasteiger partial charge in [0.1, 0.15) is 15.1 Å². The number of hydrogen-bond donors (Lipinski definition) is 1. The van der Waals surface area contributed by atoms with Gasteiger partial charge in [0.25, 0.3) is 0 Å². The number of carbonyl (C=O) groups is 1. The van der Waals surface area contributed by atoms with Crippen LogP contribution in [0, 0.1) is 4.91 Å². The Morgan fingerprint density at radius 2 is 1.68 bits per heavy atom. The first-order chi connectivity index (χ1) is 13.4. The molecule has 1 aromatic carbocycles. The highest BCUT2D eigenvalue weighted by molar-refractivity contribution is 7.86. The molecule has 1 N–H and O–H groups in total. The van der Waals surface area contributed by atoms with E-state index in [2.05, 4.69) is 16.3 Å². The standard InChI is InChI=1S/C20H27N3O4S/c1-2-22-11-9-16(10-12-22)28(26,27)23(25)20(24)21-19-17-7-3-5-14(17)13-15-6-4-8-18(15)19/h13,16H,2-12H2,1H3/p+1. The number of likely N-dealkylation sites (tertiary alicyclic amines) is 1. The molecule has 7 nitrogen and oxygen atoms in total. The number of hydrogen-bond acceptors (Lipinski definition) is 5. The zero-order valence-electron chi connectivity index (χ0n) is 16.4. The Morgan fingerprint density at radius 1 is 1.11 bits per heavy atom. The molecule has 0 spiro atoms. The van der Waals surface area contributed by atoms with Crippen molar-refractivity contribution in [2.75, 3.05) is 25.0 Å². The van der Waals surface area contributed by atoms with Crippen LogP contribution in [0.4, 0.5) is 10.5 Å². The first-order valence-electron chi connectivity index (χ1n) is 10.3. The van der Waals surface area contributed by atoms with Gasteiger partial charge in [0.15, 0.2) is 0 Å². The summed E-state index contributed by atoms with van der Waals surface area (Å²) in [5.74, 6) is 0. The maximum Gasteiger partial charge on any atom is 0.551 e. The van der Waals surface area contributed by atoms with Gasteiger partial charge in [-0.05, 0) is 87.0 Å². The zero-order chi connectivity index (χ0) is 19.9. The van der Waals surface area contributed by atoms with Crippen LogP contribution in [0.3, 0.4) is 0 Å². The molecule has 0 bridgehead atoms. The normalized spacial score (nSPS) is 20.0. The maximum absolute atomic E-state index is 12.7. The summed E-state index contributed by atoms with van der Waals surface area (Å²) in [6, 6.07) is 1.15. The van der Waals surface area contributed by atoms with Crippen LogP contribution in [0.5, 0.6) is 0 Å². The fraction of sp³-hybridized carbons (Fsp3) is 0.650. The van der Waals surface area contributed by atoms with Gasteiger partial charge in [0.05, 0.1) is 0 Å². The first kappa shape index (κ1) is 19.5. The first-order valence-corrected chi connectivity index (χ1v) is 11.8. The van der Waals surface area contributed by atoms with E-state index in [0.717, 1.165) is 56.2 Å². The van der Waals surface area contributed by atoms with Crippen LogP contribution in [-0.4, -0.2) is 48.4 Å². The molecule has 0 saturated carbocycles. The Bertz CT molecular complexity index is 886. The summed E-state index contributed by atoms with van der Waals surface area (Å²) < 4.78 is 25.1. The third-order valence-electron chi connectivity index (χ3n) is 6.50. The lowest BCUT2D eigenvalue weighted by atomic mass is 9.99. The number of piperidine rings is 1. The molecule has 0 aromatic heterocycles. The van der Waals surface area contributed by atoms with Gasteiger partial charge < -0.3 is 4.90 Å². The van der Waals surface area contributed by atoms with E-state index in [1.165, 1.54) is 11.1 Å². The Hall–Kier alpha value is -1.80. The van der Waals surface area contributed by atoms with Crippen molar-refractivity contribution in [3.05, 3.63) is 33.2 Å². The van der Waals surface area contributed by atoms with Gasteiger partial charge in [-0.25, -0.2) is 0 Å². The van der Waals surface area contributed by atoms with Gasteiger partial charge in [-0.3, -0.25) is 0 Å². The van der Waals surface area contributed by atoms with Crippen molar-refractivity contribution in [1.82, 2.24) is 4.90 Å². The summed E-state index contributed by atoms with van der Waals surface area (Å²) >= 11 is 0. The molecule has 0 radical (unpaired) electrons. The molecule has 1 saturated heterocycles. The molecule has 0 unspecified atom stereocenters. The molecule has 1 heterocycles. The molecule has 2 amide bonds. The number of nitroso groups, excluding NO2 is 1. The fourth-order valence-electron chi connectivity index (χ4n) is 4.89. The molecule has 152 valence electrons. The summed E-state index contributed by atoms with van der Waals surface area (Å²) in [5.41, 5.74) is 5.31. The topological polar surface area (TPSA) is 86.6 Å². The van der Waals surface area contributed by atoms with E-state index in [4.69, 9.17) is 0 Å². The molecule has 1 aliphatic heterocycles. The maximum atomic E-state index is 12.7. The predicted molar refractivity (Wildman–Crippen MR) is 107 cm³/mol. The van der Waals surface area contributed by atoms with E-state index in [0.29, 0.717) is 31.6 Å². The highest BCUT2D eigenvalue weighted by Gasteiger charge is 2.43. The smallest absolute Gasteiger partial charge is 0.304 e. The summed E-state index contributed by atoms with van der Waals surface area (Å²) in [4.78, 5) is 27.3. The van der Waals surface area contributed by atoms with Gasteiger partial charge >= 0.3 is 16.1 Å². The number of sulfonamides is 1. The van der Waals surface area contributed by atoms with Crippen molar-refractivity contribution >= 4 is 21.7 Å². The second-order valence-electron chi connectivity index (χ2n) is 8.07. The van der Waals surface area contributed by atoms with Gasteiger partial charge in [-0.15, -0.1) is 0 Å². The van der Waals surface area contributed by atoms with Crippen molar-refractivity contribution in [2.45, 2.75) is 63.5 Å². The third kappa shape index (κ3) is 3.37. The quantitative estimate of drug-likeness (QED) is 0.777. The number of urea groups is 1. The van der Waals surface area contributed by atoms with Crippen LogP contribution in [0.25, 0.3) is 0 Å². The van der Waals surface area contributed by atoms with Crippen molar-refractivity contribution in [3.8, 4) is 0 Å². The highest BCUT2D eigenvalue weighted by atomic mass is 32.2. The number of fused-ring (bicyclic) bond motifs is 2. The SMILES string of the molecule is CCN1CCC(S(=O)(=O)[N+](=O)C(=O)Nc2c3c(cc4c2CCC4)CCC3)CC1.